The van der Waals surface area contributed by atoms with Crippen LogP contribution in [-0.4, -0.2) is 106 Å². The predicted octanol–water partition coefficient (Wildman–Crippen LogP) is 2.18. The molecule has 0 bridgehead atoms. The van der Waals surface area contributed by atoms with E-state index in [0.717, 1.165) is 45.3 Å². The second kappa shape index (κ2) is 12.9. The van der Waals surface area contributed by atoms with Crippen molar-refractivity contribution in [1.29, 1.82) is 0 Å². The fourth-order valence-electron chi connectivity index (χ4n) is 4.58. The van der Waals surface area contributed by atoms with Gasteiger partial charge in [-0.15, -0.1) is 0 Å². The number of ether oxygens (including phenoxy) is 2. The zero-order valence-electron chi connectivity index (χ0n) is 19.9. The summed E-state index contributed by atoms with van der Waals surface area (Å²) in [5.74, 6) is 0.277. The number of halogens is 1. The maximum Gasteiger partial charge on any atom is 0.261 e. The molecule has 0 unspecified atom stereocenters. The minimum Gasteiger partial charge on any atom is -0.474 e. The third kappa shape index (κ3) is 7.82. The molecule has 1 aliphatic carbocycles. The predicted molar refractivity (Wildman–Crippen MR) is 131 cm³/mol. The van der Waals surface area contributed by atoms with Crippen molar-refractivity contribution in [1.82, 2.24) is 20.0 Å². The Kier molecular flexibility index (Phi) is 10.2. The van der Waals surface area contributed by atoms with Gasteiger partial charge < -0.3 is 29.5 Å². The van der Waals surface area contributed by atoms with Gasteiger partial charge in [0.15, 0.2) is 11.7 Å². The number of nitrogens with one attached hydrogen (secondary N) is 1. The number of thiophene rings is 1. The van der Waals surface area contributed by atoms with Crippen molar-refractivity contribution in [3.05, 3.63) is 16.5 Å². The summed E-state index contributed by atoms with van der Waals surface area (Å²) in [5.41, 5.74) is 0. The van der Waals surface area contributed by atoms with Crippen molar-refractivity contribution in [3.8, 4) is 5.06 Å². The second-order valence-electron chi connectivity index (χ2n) is 9.16. The fourth-order valence-corrected chi connectivity index (χ4v) is 5.45. The average Bonchev–Trinajstić information content (AvgIpc) is 3.21. The van der Waals surface area contributed by atoms with Crippen LogP contribution in [0, 0.1) is 5.92 Å². The van der Waals surface area contributed by atoms with E-state index in [1.807, 2.05) is 4.90 Å². The van der Waals surface area contributed by atoms with Gasteiger partial charge in [0.2, 0.25) is 5.91 Å². The van der Waals surface area contributed by atoms with Crippen molar-refractivity contribution in [2.45, 2.75) is 37.8 Å². The number of nitrogens with zero attached hydrogens (tertiary/aromatic N) is 3. The van der Waals surface area contributed by atoms with Crippen molar-refractivity contribution in [2.24, 2.45) is 5.92 Å². The van der Waals surface area contributed by atoms with E-state index in [2.05, 4.69) is 24.3 Å². The lowest BCUT2D eigenvalue weighted by Gasteiger charge is -2.42. The Morgan fingerprint density at radius 3 is 2.64 bits per heavy atom. The molecule has 1 aliphatic heterocycles. The van der Waals surface area contributed by atoms with Gasteiger partial charge in [-0.2, -0.15) is 0 Å². The molecule has 1 saturated carbocycles. The normalized spacial score (nSPS) is 23.9. The number of hydrogen-bond donors (Lipinski definition) is 1. The first-order valence-corrected chi connectivity index (χ1v) is 12.9. The summed E-state index contributed by atoms with van der Waals surface area (Å²) in [6.07, 6.45) is 4.54. The standard InChI is InChI=1S/C23H37ClN4O4S/c1-26(2)11-10-25-18-6-4-17(5-7-18)14-27-12-13-28(19(15-31-3)23(27)30)21(29)16-32-22-9-8-20(24)33-22/h8-9,17-19,25H,4-7,10-16H2,1-3H3/t17-,18-,19-/m0/s1. The number of rotatable bonds is 11. The smallest absolute Gasteiger partial charge is 0.261 e. The molecule has 10 heteroatoms. The highest BCUT2D eigenvalue weighted by Crippen LogP contribution is 2.29. The molecular formula is C23H37ClN4O4S. The molecule has 8 nitrogen and oxygen atoms in total. The monoisotopic (exact) mass is 500 g/mol. The fraction of sp³-hybridized carbons (Fsp3) is 0.739. The van der Waals surface area contributed by atoms with Crippen LogP contribution in [0.2, 0.25) is 4.34 Å². The lowest BCUT2D eigenvalue weighted by atomic mass is 9.85. The van der Waals surface area contributed by atoms with Gasteiger partial charge in [-0.3, -0.25) is 9.59 Å². The Labute approximate surface area is 206 Å². The van der Waals surface area contributed by atoms with E-state index in [4.69, 9.17) is 21.1 Å². The number of hydrogen-bond acceptors (Lipinski definition) is 7. The summed E-state index contributed by atoms with van der Waals surface area (Å²) < 4.78 is 11.5. The molecule has 1 aromatic heterocycles. The molecule has 0 aromatic carbocycles. The Balaban J connectivity index is 1.47. The van der Waals surface area contributed by atoms with E-state index in [0.29, 0.717) is 34.4 Å². The van der Waals surface area contributed by atoms with Crippen molar-refractivity contribution in [2.75, 3.05) is 67.1 Å². The lowest BCUT2D eigenvalue weighted by Crippen LogP contribution is -2.61. The highest BCUT2D eigenvalue weighted by Gasteiger charge is 2.38. The van der Waals surface area contributed by atoms with Crippen LogP contribution >= 0.6 is 22.9 Å². The molecule has 0 radical (unpaired) electrons. The van der Waals surface area contributed by atoms with Gasteiger partial charge in [0.1, 0.15) is 6.04 Å². The van der Waals surface area contributed by atoms with E-state index >= 15 is 0 Å². The summed E-state index contributed by atoms with van der Waals surface area (Å²) in [7, 11) is 5.74. The van der Waals surface area contributed by atoms with E-state index in [1.54, 1.807) is 24.1 Å². The third-order valence-corrected chi connectivity index (χ3v) is 7.58. The van der Waals surface area contributed by atoms with E-state index < -0.39 is 6.04 Å². The molecule has 2 amide bonds. The Morgan fingerprint density at radius 2 is 2.00 bits per heavy atom. The zero-order chi connectivity index (χ0) is 23.8. The summed E-state index contributed by atoms with van der Waals surface area (Å²) in [6, 6.07) is 3.44. The van der Waals surface area contributed by atoms with Crippen molar-refractivity contribution < 1.29 is 19.1 Å². The van der Waals surface area contributed by atoms with Gasteiger partial charge in [0, 0.05) is 45.9 Å². The first kappa shape index (κ1) is 26.2. The summed E-state index contributed by atoms with van der Waals surface area (Å²) in [6.45, 7) is 3.94. The number of carbonyl (C=O) groups is 2. The second-order valence-corrected chi connectivity index (χ2v) is 10.8. The van der Waals surface area contributed by atoms with E-state index in [9.17, 15) is 9.59 Å². The molecule has 1 saturated heterocycles. The summed E-state index contributed by atoms with van der Waals surface area (Å²) >= 11 is 7.20. The maximum absolute atomic E-state index is 13.2. The number of carbonyl (C=O) groups excluding carboxylic acids is 2. The van der Waals surface area contributed by atoms with Gasteiger partial charge in [-0.05, 0) is 57.8 Å². The molecule has 2 heterocycles. The largest absolute Gasteiger partial charge is 0.474 e. The zero-order valence-corrected chi connectivity index (χ0v) is 21.5. The summed E-state index contributed by atoms with van der Waals surface area (Å²) in [5, 5.41) is 4.24. The first-order chi connectivity index (χ1) is 15.9. The molecule has 186 valence electrons. The van der Waals surface area contributed by atoms with E-state index in [1.165, 1.54) is 11.3 Å². The molecule has 3 rings (SSSR count). The molecule has 33 heavy (non-hydrogen) atoms. The molecule has 2 aliphatic rings. The van der Waals surface area contributed by atoms with Crippen LogP contribution in [-0.2, 0) is 14.3 Å². The summed E-state index contributed by atoms with van der Waals surface area (Å²) in [4.78, 5) is 31.8. The van der Waals surface area contributed by atoms with Gasteiger partial charge in [0.25, 0.3) is 5.91 Å². The van der Waals surface area contributed by atoms with Gasteiger partial charge in [-0.1, -0.05) is 22.9 Å². The third-order valence-electron chi connectivity index (χ3n) is 6.43. The van der Waals surface area contributed by atoms with Crippen LogP contribution in [0.1, 0.15) is 25.7 Å². The Bertz CT molecular complexity index is 769. The Hall–Kier alpha value is -1.39. The topological polar surface area (TPSA) is 74.4 Å². The minimum atomic E-state index is -0.601. The van der Waals surface area contributed by atoms with Gasteiger partial charge in [-0.25, -0.2) is 0 Å². The molecule has 1 aromatic rings. The molecule has 0 spiro atoms. The van der Waals surface area contributed by atoms with Gasteiger partial charge >= 0.3 is 0 Å². The number of methoxy groups -OCH3 is 1. The van der Waals surface area contributed by atoms with Crippen LogP contribution in [0.15, 0.2) is 12.1 Å². The number of piperazine rings is 1. The van der Waals surface area contributed by atoms with Gasteiger partial charge in [0.05, 0.1) is 10.9 Å². The quantitative estimate of drug-likeness (QED) is 0.502. The molecular weight excluding hydrogens is 464 g/mol. The lowest BCUT2D eigenvalue weighted by molar-refractivity contribution is -0.155. The molecule has 1 N–H and O–H groups in total. The number of amides is 2. The van der Waals surface area contributed by atoms with Crippen LogP contribution in [0.25, 0.3) is 0 Å². The molecule has 2 fully saturated rings. The minimum absolute atomic E-state index is 0.0261. The maximum atomic E-state index is 13.2. The van der Waals surface area contributed by atoms with Crippen LogP contribution in [0.3, 0.4) is 0 Å². The Morgan fingerprint density at radius 1 is 1.24 bits per heavy atom. The highest BCUT2D eigenvalue weighted by molar-refractivity contribution is 7.17. The highest BCUT2D eigenvalue weighted by atomic mass is 35.5. The van der Waals surface area contributed by atoms with Crippen LogP contribution in [0.5, 0.6) is 5.06 Å². The van der Waals surface area contributed by atoms with Crippen LogP contribution in [0.4, 0.5) is 0 Å². The SMILES string of the molecule is COC[C@H]1C(=O)N(C[C@H]2CC[C@H](NCCN(C)C)CC2)CCN1C(=O)COc1ccc(Cl)s1. The first-order valence-electron chi connectivity index (χ1n) is 11.7. The average molecular weight is 501 g/mol. The number of likely N-dealkylation sites (N-methyl/N-ethyl adjacent to an activating group) is 1. The van der Waals surface area contributed by atoms with E-state index in [-0.39, 0.29) is 25.0 Å². The van der Waals surface area contributed by atoms with Crippen LogP contribution < -0.4 is 10.1 Å². The molecule has 1 atom stereocenters. The van der Waals surface area contributed by atoms with Crippen molar-refractivity contribution >= 4 is 34.8 Å². The van der Waals surface area contributed by atoms with Crippen molar-refractivity contribution in [3.63, 3.8) is 0 Å².